The molecule has 0 amide bonds. The van der Waals surface area contributed by atoms with Crippen molar-refractivity contribution in [2.75, 3.05) is 0 Å². The zero-order valence-corrected chi connectivity index (χ0v) is 10.4. The number of hydrogen-bond acceptors (Lipinski definition) is 1. The first-order valence-corrected chi connectivity index (χ1v) is 6.16. The van der Waals surface area contributed by atoms with Crippen molar-refractivity contribution in [3.05, 3.63) is 22.8 Å². The lowest BCUT2D eigenvalue weighted by atomic mass is 9.93. The van der Waals surface area contributed by atoms with E-state index in [1.165, 1.54) is 11.1 Å². The van der Waals surface area contributed by atoms with Crippen molar-refractivity contribution in [2.24, 2.45) is 5.92 Å². The predicted molar refractivity (Wildman–Crippen MR) is 64.8 cm³/mol. The molecule has 0 spiro atoms. The Morgan fingerprint density at radius 3 is 2.13 bits per heavy atom. The molecule has 0 aromatic rings. The van der Waals surface area contributed by atoms with E-state index in [4.69, 9.17) is 0 Å². The van der Waals surface area contributed by atoms with Crippen molar-refractivity contribution >= 4 is 5.78 Å². The van der Waals surface area contributed by atoms with Crippen LogP contribution in [0.4, 0.5) is 0 Å². The van der Waals surface area contributed by atoms with E-state index < -0.39 is 0 Å². The Labute approximate surface area is 93.3 Å². The summed E-state index contributed by atoms with van der Waals surface area (Å²) in [6.45, 7) is 8.52. The molecule has 0 saturated carbocycles. The fourth-order valence-electron chi connectivity index (χ4n) is 2.42. The van der Waals surface area contributed by atoms with E-state index in [1.807, 2.05) is 0 Å². The van der Waals surface area contributed by atoms with E-state index in [9.17, 15) is 4.79 Å². The van der Waals surface area contributed by atoms with E-state index in [1.54, 1.807) is 0 Å². The molecule has 0 saturated heterocycles. The number of rotatable bonds is 4. The van der Waals surface area contributed by atoms with Gasteiger partial charge in [0, 0.05) is 11.5 Å². The summed E-state index contributed by atoms with van der Waals surface area (Å²) in [4.78, 5) is 12.2. The molecule has 1 heteroatoms. The third-order valence-electron chi connectivity index (χ3n) is 3.41. The van der Waals surface area contributed by atoms with Crippen LogP contribution in [0.2, 0.25) is 0 Å². The highest BCUT2D eigenvalue weighted by Crippen LogP contribution is 2.33. The van der Waals surface area contributed by atoms with Crippen molar-refractivity contribution in [3.8, 4) is 0 Å². The minimum atomic E-state index is 0.179. The number of ketones is 1. The van der Waals surface area contributed by atoms with Crippen LogP contribution in [0.15, 0.2) is 22.8 Å². The molecular formula is C14H22O. The summed E-state index contributed by atoms with van der Waals surface area (Å²) in [7, 11) is 0. The summed E-state index contributed by atoms with van der Waals surface area (Å²) in [6, 6.07) is 0. The molecule has 84 valence electrons. The van der Waals surface area contributed by atoms with Crippen LogP contribution in [0.1, 0.15) is 53.4 Å². The molecule has 0 N–H and O–H groups in total. The molecule has 0 aromatic carbocycles. The third-order valence-corrected chi connectivity index (χ3v) is 3.41. The van der Waals surface area contributed by atoms with E-state index in [0.29, 0.717) is 5.78 Å². The number of allylic oxidation sites excluding steroid dienone is 4. The Hall–Kier alpha value is -0.850. The van der Waals surface area contributed by atoms with Crippen molar-refractivity contribution in [3.63, 3.8) is 0 Å². The summed E-state index contributed by atoms with van der Waals surface area (Å²) in [5.41, 5.74) is 3.67. The van der Waals surface area contributed by atoms with Gasteiger partial charge in [-0.25, -0.2) is 0 Å². The summed E-state index contributed by atoms with van der Waals surface area (Å²) >= 11 is 0. The normalized spacial score (nSPS) is 20.8. The molecule has 15 heavy (non-hydrogen) atoms. The molecule has 1 aliphatic rings. The predicted octanol–water partition coefficient (Wildman–Crippen LogP) is 4.05. The third kappa shape index (κ3) is 2.22. The second-order valence-corrected chi connectivity index (χ2v) is 4.12. The van der Waals surface area contributed by atoms with Gasteiger partial charge in [-0.05, 0) is 25.7 Å². The number of carbonyl (C=O) groups excluding carboxylic acids is 1. The number of carbonyl (C=O) groups is 1. The molecular weight excluding hydrogens is 184 g/mol. The number of Topliss-reactive ketones (excluding diaryl/α,β-unsaturated/α-hetero) is 1. The average Bonchev–Trinajstić information content (AvgIpc) is 2.57. The van der Waals surface area contributed by atoms with Gasteiger partial charge in [0.2, 0.25) is 0 Å². The molecule has 1 aliphatic carbocycles. The van der Waals surface area contributed by atoms with Gasteiger partial charge in [-0.3, -0.25) is 4.79 Å². The highest BCUT2D eigenvalue weighted by atomic mass is 16.1. The highest BCUT2D eigenvalue weighted by molar-refractivity contribution is 6.05. The van der Waals surface area contributed by atoms with Gasteiger partial charge in [-0.15, -0.1) is 0 Å². The van der Waals surface area contributed by atoms with Gasteiger partial charge >= 0.3 is 0 Å². The van der Waals surface area contributed by atoms with Crippen LogP contribution >= 0.6 is 0 Å². The standard InChI is InChI=1S/C14H22O/c1-5-10(6-2)13-9-11(7-3)12(8-4)14(13)15/h9,12H,5-8H2,1-4H3/t12-/m1/s1. The summed E-state index contributed by atoms with van der Waals surface area (Å²) in [6.07, 6.45) is 6.11. The topological polar surface area (TPSA) is 17.1 Å². The van der Waals surface area contributed by atoms with Gasteiger partial charge < -0.3 is 0 Å². The maximum atomic E-state index is 12.2. The lowest BCUT2D eigenvalue weighted by Gasteiger charge is -2.09. The quantitative estimate of drug-likeness (QED) is 0.634. The summed E-state index contributed by atoms with van der Waals surface area (Å²) < 4.78 is 0. The first kappa shape index (κ1) is 12.2. The van der Waals surface area contributed by atoms with E-state index >= 15 is 0 Å². The zero-order chi connectivity index (χ0) is 11.4. The van der Waals surface area contributed by atoms with E-state index in [2.05, 4.69) is 33.8 Å². The molecule has 0 unspecified atom stereocenters. The molecule has 1 rings (SSSR count). The van der Waals surface area contributed by atoms with Crippen LogP contribution < -0.4 is 0 Å². The Balaban J connectivity index is 3.10. The first-order chi connectivity index (χ1) is 7.19. The van der Waals surface area contributed by atoms with Crippen LogP contribution in [0.25, 0.3) is 0 Å². The van der Waals surface area contributed by atoms with Gasteiger partial charge in [0.15, 0.2) is 5.78 Å². The van der Waals surface area contributed by atoms with Crippen LogP contribution in [0.5, 0.6) is 0 Å². The van der Waals surface area contributed by atoms with Gasteiger partial charge in [-0.2, -0.15) is 0 Å². The Bertz CT molecular complexity index is 301. The summed E-state index contributed by atoms with van der Waals surface area (Å²) in [5, 5.41) is 0. The molecule has 0 radical (unpaired) electrons. The van der Waals surface area contributed by atoms with E-state index in [-0.39, 0.29) is 5.92 Å². The zero-order valence-electron chi connectivity index (χ0n) is 10.4. The average molecular weight is 206 g/mol. The van der Waals surface area contributed by atoms with Gasteiger partial charge in [-0.1, -0.05) is 44.9 Å². The number of hydrogen-bond donors (Lipinski definition) is 0. The lowest BCUT2D eigenvalue weighted by Crippen LogP contribution is -2.11. The molecule has 0 aliphatic heterocycles. The lowest BCUT2D eigenvalue weighted by molar-refractivity contribution is -0.117. The first-order valence-electron chi connectivity index (χ1n) is 6.16. The molecule has 0 fully saturated rings. The van der Waals surface area contributed by atoms with Crippen molar-refractivity contribution in [1.82, 2.24) is 0 Å². The highest BCUT2D eigenvalue weighted by Gasteiger charge is 2.29. The Kier molecular flexibility index (Phi) is 4.31. The van der Waals surface area contributed by atoms with Gasteiger partial charge in [0.05, 0.1) is 0 Å². The van der Waals surface area contributed by atoms with Crippen LogP contribution in [-0.4, -0.2) is 5.78 Å². The maximum absolute atomic E-state index is 12.2. The second kappa shape index (κ2) is 5.29. The Morgan fingerprint density at radius 1 is 1.20 bits per heavy atom. The van der Waals surface area contributed by atoms with Crippen molar-refractivity contribution in [2.45, 2.75) is 53.4 Å². The SMILES string of the molecule is CCC1=CC(=C(CC)CC)C(=O)[C@@H]1CC. The van der Waals surface area contributed by atoms with Crippen molar-refractivity contribution < 1.29 is 4.79 Å². The molecule has 1 atom stereocenters. The fraction of sp³-hybridized carbons (Fsp3) is 0.643. The minimum absolute atomic E-state index is 0.179. The van der Waals surface area contributed by atoms with Crippen LogP contribution in [0.3, 0.4) is 0 Å². The maximum Gasteiger partial charge on any atom is 0.169 e. The van der Waals surface area contributed by atoms with Gasteiger partial charge in [0.25, 0.3) is 0 Å². The monoisotopic (exact) mass is 206 g/mol. The minimum Gasteiger partial charge on any atom is -0.294 e. The van der Waals surface area contributed by atoms with Gasteiger partial charge in [0.1, 0.15) is 0 Å². The molecule has 0 aromatic heterocycles. The molecule has 0 bridgehead atoms. The van der Waals surface area contributed by atoms with Crippen LogP contribution in [0, 0.1) is 5.92 Å². The van der Waals surface area contributed by atoms with Crippen molar-refractivity contribution in [1.29, 1.82) is 0 Å². The fourth-order valence-corrected chi connectivity index (χ4v) is 2.42. The smallest absolute Gasteiger partial charge is 0.169 e. The second-order valence-electron chi connectivity index (χ2n) is 4.12. The largest absolute Gasteiger partial charge is 0.294 e. The van der Waals surface area contributed by atoms with E-state index in [0.717, 1.165) is 31.3 Å². The molecule has 1 nitrogen and oxygen atoms in total. The van der Waals surface area contributed by atoms with Crippen LogP contribution in [-0.2, 0) is 4.79 Å². The summed E-state index contributed by atoms with van der Waals surface area (Å²) in [5.74, 6) is 0.547. The Morgan fingerprint density at radius 2 is 1.80 bits per heavy atom. The molecule has 0 heterocycles.